The Morgan fingerprint density at radius 3 is 2.37 bits per heavy atom. The van der Waals surface area contributed by atoms with Crippen molar-refractivity contribution in [3.05, 3.63) is 35.9 Å². The van der Waals surface area contributed by atoms with Crippen LogP contribution in [-0.4, -0.2) is 42.7 Å². The minimum Gasteiger partial charge on any atom is -0.467 e. The third-order valence-corrected chi connectivity index (χ3v) is 2.25. The van der Waals surface area contributed by atoms with E-state index in [1.807, 2.05) is 0 Å². The number of hydrogen-bond donors (Lipinski definition) is 1. The number of nitrogens with zero attached hydrogens (tertiary/aromatic N) is 1. The lowest BCUT2D eigenvalue weighted by Gasteiger charge is -2.14. The number of rotatable bonds is 4. The van der Waals surface area contributed by atoms with Crippen LogP contribution in [0.3, 0.4) is 0 Å². The van der Waals surface area contributed by atoms with Crippen LogP contribution < -0.4 is 0 Å². The molecule has 4 nitrogen and oxygen atoms in total. The fourth-order valence-corrected chi connectivity index (χ4v) is 1.37. The van der Waals surface area contributed by atoms with Gasteiger partial charge in [0, 0.05) is 5.56 Å². The van der Waals surface area contributed by atoms with Gasteiger partial charge in [0.25, 0.3) is 0 Å². The number of esters is 1. The lowest BCUT2D eigenvalue weighted by Crippen LogP contribution is -2.31. The standard InChI is InChI=1S/C12H12F3NO3/c1-19-11(18)9(7-17)16-10(12(13,14)15)8-5-3-2-4-6-8/h2-6,9,17H,7H2,1H3. The van der Waals surface area contributed by atoms with E-state index in [0.29, 0.717) is 0 Å². The van der Waals surface area contributed by atoms with Crippen molar-refractivity contribution in [2.45, 2.75) is 12.2 Å². The molecular weight excluding hydrogens is 263 g/mol. The van der Waals surface area contributed by atoms with Crippen molar-refractivity contribution in [1.29, 1.82) is 0 Å². The van der Waals surface area contributed by atoms with Gasteiger partial charge in [0.2, 0.25) is 0 Å². The number of hydrogen-bond acceptors (Lipinski definition) is 4. The molecule has 0 fully saturated rings. The third-order valence-electron chi connectivity index (χ3n) is 2.25. The van der Waals surface area contributed by atoms with E-state index in [0.717, 1.165) is 7.11 Å². The summed E-state index contributed by atoms with van der Waals surface area (Å²) in [6.45, 7) is -0.862. The highest BCUT2D eigenvalue weighted by atomic mass is 19.4. The summed E-state index contributed by atoms with van der Waals surface area (Å²) in [5.74, 6) is -1.03. The molecule has 1 atom stereocenters. The van der Waals surface area contributed by atoms with Crippen LogP contribution in [0.25, 0.3) is 0 Å². The van der Waals surface area contributed by atoms with Gasteiger partial charge in [0.1, 0.15) is 5.71 Å². The van der Waals surface area contributed by atoms with Gasteiger partial charge >= 0.3 is 12.1 Å². The predicted octanol–water partition coefficient (Wildman–Crippen LogP) is 1.57. The van der Waals surface area contributed by atoms with Crippen molar-refractivity contribution in [2.75, 3.05) is 13.7 Å². The van der Waals surface area contributed by atoms with Crippen LogP contribution in [0.2, 0.25) is 0 Å². The number of ether oxygens (including phenoxy) is 1. The first-order valence-electron chi connectivity index (χ1n) is 5.29. The second kappa shape index (κ2) is 6.33. The quantitative estimate of drug-likeness (QED) is 0.670. The Kier molecular flexibility index (Phi) is 5.05. The molecule has 0 spiro atoms. The van der Waals surface area contributed by atoms with Gasteiger partial charge in [-0.1, -0.05) is 30.3 Å². The molecule has 19 heavy (non-hydrogen) atoms. The summed E-state index contributed by atoms with van der Waals surface area (Å²) >= 11 is 0. The fraction of sp³-hybridized carbons (Fsp3) is 0.333. The van der Waals surface area contributed by atoms with Gasteiger partial charge in [-0.3, -0.25) is 4.99 Å². The number of carbonyl (C=O) groups excluding carboxylic acids is 1. The van der Waals surface area contributed by atoms with Crippen LogP contribution in [0.1, 0.15) is 5.56 Å². The first-order chi connectivity index (χ1) is 8.90. The van der Waals surface area contributed by atoms with Crippen molar-refractivity contribution in [2.24, 2.45) is 4.99 Å². The molecule has 1 unspecified atom stereocenters. The minimum absolute atomic E-state index is 0.183. The predicted molar refractivity (Wildman–Crippen MR) is 61.9 cm³/mol. The summed E-state index contributed by atoms with van der Waals surface area (Å²) < 4.78 is 43.0. The van der Waals surface area contributed by atoms with E-state index in [9.17, 15) is 18.0 Å². The molecule has 0 bridgehead atoms. The molecule has 0 aromatic heterocycles. The van der Waals surface area contributed by atoms with E-state index in [4.69, 9.17) is 5.11 Å². The molecule has 0 amide bonds. The molecule has 0 aliphatic carbocycles. The zero-order valence-corrected chi connectivity index (χ0v) is 10.0. The van der Waals surface area contributed by atoms with E-state index in [1.54, 1.807) is 6.07 Å². The van der Waals surface area contributed by atoms with E-state index in [-0.39, 0.29) is 5.56 Å². The SMILES string of the molecule is COC(=O)C(CO)N=C(c1ccccc1)C(F)(F)F. The number of benzene rings is 1. The van der Waals surface area contributed by atoms with Crippen LogP contribution in [0.4, 0.5) is 13.2 Å². The van der Waals surface area contributed by atoms with Crippen LogP contribution >= 0.6 is 0 Å². The van der Waals surface area contributed by atoms with Crippen LogP contribution in [0, 0.1) is 0 Å². The Balaban J connectivity index is 3.22. The first kappa shape index (κ1) is 15.2. The number of aliphatic imine (C=N–C) groups is 1. The topological polar surface area (TPSA) is 58.9 Å². The lowest BCUT2D eigenvalue weighted by molar-refractivity contribution is -0.143. The van der Waals surface area contributed by atoms with Crippen LogP contribution in [0.15, 0.2) is 35.3 Å². The zero-order chi connectivity index (χ0) is 14.5. The van der Waals surface area contributed by atoms with Gasteiger partial charge in [0.15, 0.2) is 6.04 Å². The number of aliphatic hydroxyl groups excluding tert-OH is 1. The maximum absolute atomic E-state index is 12.9. The number of methoxy groups -OCH3 is 1. The highest BCUT2D eigenvalue weighted by molar-refractivity contribution is 6.05. The Morgan fingerprint density at radius 1 is 1.37 bits per heavy atom. The summed E-state index contributed by atoms with van der Waals surface area (Å²) in [6.07, 6.45) is -4.73. The highest BCUT2D eigenvalue weighted by Crippen LogP contribution is 2.23. The molecule has 0 aliphatic heterocycles. The van der Waals surface area contributed by atoms with E-state index in [2.05, 4.69) is 9.73 Å². The highest BCUT2D eigenvalue weighted by Gasteiger charge is 2.38. The van der Waals surface area contributed by atoms with Crippen molar-refractivity contribution >= 4 is 11.7 Å². The maximum Gasteiger partial charge on any atom is 0.433 e. The Bertz CT molecular complexity index is 457. The largest absolute Gasteiger partial charge is 0.467 e. The number of carbonyl (C=O) groups is 1. The van der Waals surface area contributed by atoms with E-state index < -0.39 is 30.5 Å². The molecule has 7 heteroatoms. The first-order valence-corrected chi connectivity index (χ1v) is 5.29. The molecule has 1 aromatic rings. The summed E-state index contributed by atoms with van der Waals surface area (Å²) in [7, 11) is 1.01. The van der Waals surface area contributed by atoms with Gasteiger partial charge in [-0.25, -0.2) is 4.79 Å². The Morgan fingerprint density at radius 2 is 1.95 bits per heavy atom. The molecular formula is C12H12F3NO3. The molecule has 0 aliphatic rings. The second-order valence-corrected chi connectivity index (χ2v) is 3.56. The molecule has 1 N–H and O–H groups in total. The molecule has 1 rings (SSSR count). The molecule has 104 valence electrons. The van der Waals surface area contributed by atoms with Crippen molar-refractivity contribution in [3.8, 4) is 0 Å². The van der Waals surface area contributed by atoms with Crippen molar-refractivity contribution in [1.82, 2.24) is 0 Å². The second-order valence-electron chi connectivity index (χ2n) is 3.56. The molecule has 0 saturated heterocycles. The average molecular weight is 275 g/mol. The van der Waals surface area contributed by atoms with Crippen LogP contribution in [0.5, 0.6) is 0 Å². The smallest absolute Gasteiger partial charge is 0.433 e. The molecule has 0 radical (unpaired) electrons. The zero-order valence-electron chi connectivity index (χ0n) is 10.0. The average Bonchev–Trinajstić information content (AvgIpc) is 2.38. The van der Waals surface area contributed by atoms with Gasteiger partial charge in [-0.15, -0.1) is 0 Å². The third kappa shape index (κ3) is 4.06. The summed E-state index contributed by atoms with van der Waals surface area (Å²) in [4.78, 5) is 14.5. The monoisotopic (exact) mass is 275 g/mol. The molecule has 1 aromatic carbocycles. The molecule has 0 heterocycles. The fourth-order valence-electron chi connectivity index (χ4n) is 1.37. The Hall–Kier alpha value is -1.89. The summed E-state index contributed by atoms with van der Waals surface area (Å²) in [5.41, 5.74) is -1.41. The van der Waals surface area contributed by atoms with E-state index in [1.165, 1.54) is 24.3 Å². The summed E-state index contributed by atoms with van der Waals surface area (Å²) in [6, 6.07) is 5.24. The maximum atomic E-state index is 12.9. The van der Waals surface area contributed by atoms with Gasteiger partial charge in [-0.2, -0.15) is 13.2 Å². The van der Waals surface area contributed by atoms with Crippen molar-refractivity contribution in [3.63, 3.8) is 0 Å². The van der Waals surface area contributed by atoms with Crippen molar-refractivity contribution < 1.29 is 27.8 Å². The van der Waals surface area contributed by atoms with Gasteiger partial charge in [0.05, 0.1) is 13.7 Å². The van der Waals surface area contributed by atoms with Gasteiger partial charge < -0.3 is 9.84 Å². The number of aliphatic hydroxyl groups is 1. The lowest BCUT2D eigenvalue weighted by atomic mass is 10.1. The van der Waals surface area contributed by atoms with Gasteiger partial charge in [-0.05, 0) is 0 Å². The normalized spacial score (nSPS) is 14.1. The Labute approximate surface area is 107 Å². The summed E-state index contributed by atoms with van der Waals surface area (Å²) in [5, 5.41) is 8.91. The minimum atomic E-state index is -4.73. The number of alkyl halides is 3. The van der Waals surface area contributed by atoms with E-state index >= 15 is 0 Å². The molecule has 0 saturated carbocycles. The number of halogens is 3. The van der Waals surface area contributed by atoms with Crippen LogP contribution in [-0.2, 0) is 9.53 Å².